The van der Waals surface area contributed by atoms with Crippen LogP contribution in [0.25, 0.3) is 11.1 Å². The molecule has 0 aliphatic carbocycles. The monoisotopic (exact) mass is 727 g/mol. The number of methoxy groups -OCH3 is 2. The third-order valence-corrected chi connectivity index (χ3v) is 10.5. The summed E-state index contributed by atoms with van der Waals surface area (Å²) < 4.78 is 24.9. The second-order valence-corrected chi connectivity index (χ2v) is 14.1. The first-order chi connectivity index (χ1) is 26.4. The fourth-order valence-electron chi connectivity index (χ4n) is 7.43. The van der Waals surface area contributed by atoms with Gasteiger partial charge in [0.2, 0.25) is 0 Å². The summed E-state index contributed by atoms with van der Waals surface area (Å²) >= 11 is 0. The van der Waals surface area contributed by atoms with Crippen molar-refractivity contribution >= 4 is 6.03 Å². The summed E-state index contributed by atoms with van der Waals surface area (Å²) in [7, 11) is 3.35. The van der Waals surface area contributed by atoms with Crippen molar-refractivity contribution in [2.24, 2.45) is 5.92 Å². The number of fused-ring (bicyclic) bond motifs is 1. The third kappa shape index (κ3) is 8.77. The Balaban J connectivity index is 1.08. The van der Waals surface area contributed by atoms with Crippen molar-refractivity contribution in [1.29, 1.82) is 0 Å². The third-order valence-electron chi connectivity index (χ3n) is 10.5. The quantitative estimate of drug-likeness (QED) is 0.121. The number of ether oxygens (including phenoxy) is 4. The van der Waals surface area contributed by atoms with Crippen LogP contribution < -0.4 is 20.1 Å². The lowest BCUT2D eigenvalue weighted by atomic mass is 9.89. The zero-order valence-corrected chi connectivity index (χ0v) is 31.2. The molecule has 2 aliphatic heterocycles. The zero-order valence-electron chi connectivity index (χ0n) is 31.2. The van der Waals surface area contributed by atoms with Crippen LogP contribution in [0.5, 0.6) is 11.5 Å². The largest absolute Gasteiger partial charge is 0.493 e. The summed E-state index contributed by atoms with van der Waals surface area (Å²) in [5.41, 5.74) is 9.50. The van der Waals surface area contributed by atoms with Crippen LogP contribution in [0.4, 0.5) is 4.79 Å². The Morgan fingerprint density at radius 3 is 2.13 bits per heavy atom. The van der Waals surface area contributed by atoms with Gasteiger partial charge in [0, 0.05) is 44.2 Å². The number of aliphatic hydroxyl groups excluding tert-OH is 1. The van der Waals surface area contributed by atoms with Crippen molar-refractivity contribution in [1.82, 2.24) is 15.5 Å². The number of urea groups is 1. The molecule has 4 atom stereocenters. The highest BCUT2D eigenvalue weighted by Gasteiger charge is 2.39. The lowest BCUT2D eigenvalue weighted by Gasteiger charge is -2.43. The van der Waals surface area contributed by atoms with E-state index in [1.165, 1.54) is 11.1 Å². The summed E-state index contributed by atoms with van der Waals surface area (Å²) in [5, 5.41) is 15.6. The molecule has 9 heteroatoms. The number of aliphatic hydroxyl groups is 1. The fraction of sp³-hybridized carbons (Fsp3) is 0.311. The van der Waals surface area contributed by atoms with E-state index in [4.69, 9.17) is 18.9 Å². The molecule has 1 fully saturated rings. The molecule has 0 saturated carbocycles. The van der Waals surface area contributed by atoms with Gasteiger partial charge in [0.15, 0.2) is 17.8 Å². The maximum atomic E-state index is 12.5. The number of hydrogen-bond donors (Lipinski definition) is 3. The van der Waals surface area contributed by atoms with Crippen molar-refractivity contribution in [3.63, 3.8) is 0 Å². The number of benzene rings is 5. The molecular formula is C45H49N3O6. The molecule has 280 valence electrons. The Kier molecular flexibility index (Phi) is 11.9. The predicted molar refractivity (Wildman–Crippen MR) is 209 cm³/mol. The van der Waals surface area contributed by atoms with Crippen LogP contribution in [-0.2, 0) is 42.1 Å². The van der Waals surface area contributed by atoms with Gasteiger partial charge in [0.1, 0.15) is 0 Å². The standard InChI is InChI=1S/C45H49N3O6/c1-30-42(28-48-20-19-37-23-40(51-2)41(52-3)24-39(37)27-48)53-44(54-43(30)34-17-15-32(29-49)16-18-34)38-14-8-13-36(22-38)35-12-7-11-33(21-35)26-47-45(50)46-25-31-9-5-4-6-10-31/h4-18,21-24,30,42-44,49H,19-20,25-29H2,1-3H3,(H2,46,47,50)/t30-,42+,43+,44+/m1/s1. The van der Waals surface area contributed by atoms with E-state index in [0.29, 0.717) is 13.1 Å². The average molecular weight is 728 g/mol. The number of rotatable bonds is 12. The van der Waals surface area contributed by atoms with Crippen LogP contribution in [0.3, 0.4) is 0 Å². The molecule has 5 aromatic carbocycles. The number of carbonyl (C=O) groups excluding carboxylic acids is 1. The molecule has 0 spiro atoms. The first-order valence-corrected chi connectivity index (χ1v) is 18.6. The molecule has 9 nitrogen and oxygen atoms in total. The lowest BCUT2D eigenvalue weighted by molar-refractivity contribution is -0.276. The number of nitrogens with zero attached hydrogens (tertiary/aromatic N) is 1. The van der Waals surface area contributed by atoms with E-state index in [9.17, 15) is 9.90 Å². The van der Waals surface area contributed by atoms with Crippen LogP contribution >= 0.6 is 0 Å². The molecule has 0 bridgehead atoms. The second kappa shape index (κ2) is 17.3. The first-order valence-electron chi connectivity index (χ1n) is 18.6. The Morgan fingerprint density at radius 1 is 0.741 bits per heavy atom. The summed E-state index contributed by atoms with van der Waals surface area (Å²) in [5.74, 6) is 1.56. The fourth-order valence-corrected chi connectivity index (χ4v) is 7.43. The first kappa shape index (κ1) is 37.1. The number of carbonyl (C=O) groups is 1. The topological polar surface area (TPSA) is 102 Å². The van der Waals surface area contributed by atoms with Gasteiger partial charge in [-0.1, -0.05) is 97.9 Å². The Morgan fingerprint density at radius 2 is 1.41 bits per heavy atom. The van der Waals surface area contributed by atoms with Gasteiger partial charge in [-0.05, 0) is 75.2 Å². The smallest absolute Gasteiger partial charge is 0.315 e. The molecule has 0 radical (unpaired) electrons. The molecule has 3 N–H and O–H groups in total. The van der Waals surface area contributed by atoms with Crippen molar-refractivity contribution in [2.75, 3.05) is 27.3 Å². The van der Waals surface area contributed by atoms with Crippen LogP contribution in [0.2, 0.25) is 0 Å². The van der Waals surface area contributed by atoms with Crippen LogP contribution in [-0.4, -0.2) is 49.5 Å². The summed E-state index contributed by atoms with van der Waals surface area (Å²) in [6.07, 6.45) is -0.000986. The molecule has 1 saturated heterocycles. The normalized spacial score (nSPS) is 19.8. The van der Waals surface area contributed by atoms with Crippen LogP contribution in [0.15, 0.2) is 115 Å². The Labute approximate surface area is 317 Å². The van der Waals surface area contributed by atoms with E-state index >= 15 is 0 Å². The predicted octanol–water partition coefficient (Wildman–Crippen LogP) is 7.71. The van der Waals surface area contributed by atoms with Gasteiger partial charge in [-0.15, -0.1) is 0 Å². The van der Waals surface area contributed by atoms with E-state index in [2.05, 4.69) is 77.1 Å². The van der Waals surface area contributed by atoms with E-state index in [1.54, 1.807) is 14.2 Å². The maximum Gasteiger partial charge on any atom is 0.315 e. The van der Waals surface area contributed by atoms with Gasteiger partial charge < -0.3 is 34.7 Å². The molecular weight excluding hydrogens is 679 g/mol. The van der Waals surface area contributed by atoms with Gasteiger partial charge in [0.25, 0.3) is 0 Å². The molecule has 2 amide bonds. The minimum Gasteiger partial charge on any atom is -0.493 e. The average Bonchev–Trinajstić information content (AvgIpc) is 3.23. The lowest BCUT2D eigenvalue weighted by Crippen LogP contribution is -2.45. The molecule has 2 heterocycles. The van der Waals surface area contributed by atoms with E-state index < -0.39 is 6.29 Å². The summed E-state index contributed by atoms with van der Waals surface area (Å²) in [6.45, 7) is 5.51. The van der Waals surface area contributed by atoms with E-state index in [1.807, 2.05) is 60.7 Å². The molecule has 7 rings (SSSR count). The van der Waals surface area contributed by atoms with Crippen molar-refractivity contribution in [3.8, 4) is 22.6 Å². The molecule has 0 unspecified atom stereocenters. The summed E-state index contributed by atoms with van der Waals surface area (Å²) in [6, 6.07) is 38.4. The molecule has 2 aliphatic rings. The highest BCUT2D eigenvalue weighted by atomic mass is 16.7. The van der Waals surface area contributed by atoms with Crippen LogP contribution in [0, 0.1) is 5.92 Å². The summed E-state index contributed by atoms with van der Waals surface area (Å²) in [4.78, 5) is 15.0. The van der Waals surface area contributed by atoms with Crippen molar-refractivity contribution < 1.29 is 28.8 Å². The molecule has 0 aromatic heterocycles. The minimum atomic E-state index is -0.590. The van der Waals surface area contributed by atoms with E-state index in [-0.39, 0.29) is 30.8 Å². The van der Waals surface area contributed by atoms with Crippen molar-refractivity contribution in [3.05, 3.63) is 154 Å². The number of nitrogens with one attached hydrogen (secondary N) is 2. The van der Waals surface area contributed by atoms with Gasteiger partial charge >= 0.3 is 6.03 Å². The Hall–Kier alpha value is -5.19. The highest BCUT2D eigenvalue weighted by Crippen LogP contribution is 2.43. The van der Waals surface area contributed by atoms with Gasteiger partial charge in [-0.25, -0.2) is 4.79 Å². The number of amides is 2. The molecule has 54 heavy (non-hydrogen) atoms. The Bertz CT molecular complexity index is 2020. The van der Waals surface area contributed by atoms with Crippen molar-refractivity contribution in [2.45, 2.75) is 58.1 Å². The maximum absolute atomic E-state index is 12.5. The zero-order chi connectivity index (χ0) is 37.4. The van der Waals surface area contributed by atoms with Gasteiger partial charge in [-0.2, -0.15) is 0 Å². The number of hydrogen-bond acceptors (Lipinski definition) is 7. The molecule has 5 aromatic rings. The minimum absolute atomic E-state index is 0.00563. The van der Waals surface area contributed by atoms with E-state index in [0.717, 1.165) is 76.5 Å². The van der Waals surface area contributed by atoms with Gasteiger partial charge in [0.05, 0.1) is 33.0 Å². The SMILES string of the molecule is COc1cc2c(cc1OC)CN(C[C@@H]1O[C@H](c3cccc(-c4cccc(CNC(=O)NCc5ccccc5)c4)c3)O[C@H](c3ccc(CO)cc3)[C@@H]1C)CC2. The van der Waals surface area contributed by atoms with Gasteiger partial charge in [-0.3, -0.25) is 4.90 Å². The highest BCUT2D eigenvalue weighted by molar-refractivity contribution is 5.74. The second-order valence-electron chi connectivity index (χ2n) is 14.1. The van der Waals surface area contributed by atoms with Crippen LogP contribution in [0.1, 0.15) is 58.3 Å².